The summed E-state index contributed by atoms with van der Waals surface area (Å²) in [6.45, 7) is 6.89. The van der Waals surface area contributed by atoms with Gasteiger partial charge in [-0.25, -0.2) is 9.59 Å². The Labute approximate surface area is 170 Å². The Bertz CT molecular complexity index is 870. The zero-order valence-corrected chi connectivity index (χ0v) is 17.1. The number of aryl methyl sites for hydroxylation is 1. The number of carbonyl (C=O) groups is 3. The van der Waals surface area contributed by atoms with Crippen molar-refractivity contribution in [2.24, 2.45) is 0 Å². The molecule has 0 spiro atoms. The van der Waals surface area contributed by atoms with Gasteiger partial charge in [-0.2, -0.15) is 0 Å². The molecule has 7 heteroatoms. The molecule has 2 amide bonds. The summed E-state index contributed by atoms with van der Waals surface area (Å²) >= 11 is 0. The number of hydrogen-bond donors (Lipinski definition) is 2. The standard InChI is InChI=1S/C22H26N2O5/c1-5-15-9-11-17(12-10-15)23-19(25)14-28-20(26)16-7-6-8-18(13-16)24-21(27)29-22(2,3)4/h6-13H,5,14H2,1-4H3,(H,23,25)(H,24,27). The normalized spacial score (nSPS) is 10.8. The van der Waals surface area contributed by atoms with Crippen LogP contribution in [-0.4, -0.2) is 30.2 Å². The highest BCUT2D eigenvalue weighted by Crippen LogP contribution is 2.15. The number of hydrogen-bond acceptors (Lipinski definition) is 5. The fraction of sp³-hybridized carbons (Fsp3) is 0.318. The van der Waals surface area contributed by atoms with E-state index in [0.717, 1.165) is 12.0 Å². The molecule has 29 heavy (non-hydrogen) atoms. The Kier molecular flexibility index (Phi) is 7.36. The molecule has 2 aromatic carbocycles. The molecule has 0 aliphatic rings. The highest BCUT2D eigenvalue weighted by atomic mass is 16.6. The van der Waals surface area contributed by atoms with Crippen LogP contribution < -0.4 is 10.6 Å². The predicted molar refractivity (Wildman–Crippen MR) is 111 cm³/mol. The predicted octanol–water partition coefficient (Wildman–Crippen LogP) is 4.39. The van der Waals surface area contributed by atoms with E-state index >= 15 is 0 Å². The second kappa shape index (κ2) is 9.73. The van der Waals surface area contributed by atoms with E-state index in [4.69, 9.17) is 9.47 Å². The van der Waals surface area contributed by atoms with Crippen LogP contribution in [0.1, 0.15) is 43.6 Å². The lowest BCUT2D eigenvalue weighted by molar-refractivity contribution is -0.119. The van der Waals surface area contributed by atoms with E-state index in [0.29, 0.717) is 11.4 Å². The van der Waals surface area contributed by atoms with Crippen LogP contribution in [0.2, 0.25) is 0 Å². The summed E-state index contributed by atoms with van der Waals surface area (Å²) in [6, 6.07) is 13.6. The van der Waals surface area contributed by atoms with Crippen molar-refractivity contribution < 1.29 is 23.9 Å². The number of anilines is 2. The van der Waals surface area contributed by atoms with Crippen molar-refractivity contribution in [3.05, 3.63) is 59.7 Å². The molecule has 0 fully saturated rings. The van der Waals surface area contributed by atoms with Gasteiger partial charge in [-0.3, -0.25) is 10.1 Å². The first-order chi connectivity index (χ1) is 13.7. The first kappa shape index (κ1) is 21.9. The minimum atomic E-state index is -0.672. The van der Waals surface area contributed by atoms with Crippen molar-refractivity contribution in [2.75, 3.05) is 17.2 Å². The molecular formula is C22H26N2O5. The molecule has 0 heterocycles. The maximum atomic E-state index is 12.2. The first-order valence-electron chi connectivity index (χ1n) is 9.32. The summed E-state index contributed by atoms with van der Waals surface area (Å²) in [6.07, 6.45) is 0.282. The molecule has 2 rings (SSSR count). The fourth-order valence-corrected chi connectivity index (χ4v) is 2.38. The van der Waals surface area contributed by atoms with Crippen LogP contribution in [0.25, 0.3) is 0 Å². The van der Waals surface area contributed by atoms with Gasteiger partial charge < -0.3 is 14.8 Å². The zero-order valence-electron chi connectivity index (χ0n) is 17.1. The molecule has 0 aromatic heterocycles. The van der Waals surface area contributed by atoms with Crippen LogP contribution in [0.3, 0.4) is 0 Å². The molecule has 2 aromatic rings. The Morgan fingerprint density at radius 3 is 2.24 bits per heavy atom. The summed E-state index contributed by atoms with van der Waals surface area (Å²) < 4.78 is 10.2. The number of rotatable bonds is 6. The number of benzene rings is 2. The van der Waals surface area contributed by atoms with Gasteiger partial charge in [0.25, 0.3) is 5.91 Å². The lowest BCUT2D eigenvalue weighted by Gasteiger charge is -2.19. The summed E-state index contributed by atoms with van der Waals surface area (Å²) in [7, 11) is 0. The second-order valence-electron chi connectivity index (χ2n) is 7.38. The monoisotopic (exact) mass is 398 g/mol. The minimum absolute atomic E-state index is 0.207. The van der Waals surface area contributed by atoms with E-state index in [1.807, 2.05) is 19.1 Å². The zero-order chi connectivity index (χ0) is 21.4. The van der Waals surface area contributed by atoms with E-state index in [1.54, 1.807) is 45.0 Å². The van der Waals surface area contributed by atoms with Crippen molar-refractivity contribution in [1.82, 2.24) is 0 Å². The van der Waals surface area contributed by atoms with Gasteiger partial charge in [0, 0.05) is 11.4 Å². The molecule has 0 bridgehead atoms. The third-order valence-corrected chi connectivity index (χ3v) is 3.72. The average Bonchev–Trinajstić information content (AvgIpc) is 2.65. The number of nitrogens with one attached hydrogen (secondary N) is 2. The smallest absolute Gasteiger partial charge is 0.412 e. The molecular weight excluding hydrogens is 372 g/mol. The minimum Gasteiger partial charge on any atom is -0.452 e. The van der Waals surface area contributed by atoms with Crippen molar-refractivity contribution in [2.45, 2.75) is 39.7 Å². The Hall–Kier alpha value is -3.35. The number of esters is 1. The van der Waals surface area contributed by atoms with Crippen molar-refractivity contribution >= 4 is 29.3 Å². The second-order valence-corrected chi connectivity index (χ2v) is 7.38. The highest BCUT2D eigenvalue weighted by molar-refractivity contribution is 5.96. The third kappa shape index (κ3) is 7.65. The van der Waals surface area contributed by atoms with E-state index in [1.165, 1.54) is 12.1 Å². The van der Waals surface area contributed by atoms with Gasteiger partial charge in [-0.05, 0) is 63.1 Å². The van der Waals surface area contributed by atoms with Crippen LogP contribution in [0.15, 0.2) is 48.5 Å². The Morgan fingerprint density at radius 2 is 1.62 bits per heavy atom. The van der Waals surface area contributed by atoms with E-state index in [9.17, 15) is 14.4 Å². The summed E-state index contributed by atoms with van der Waals surface area (Å²) in [5.74, 6) is -1.11. The summed E-state index contributed by atoms with van der Waals surface area (Å²) in [5, 5.41) is 5.22. The topological polar surface area (TPSA) is 93.7 Å². The van der Waals surface area contributed by atoms with Gasteiger partial charge in [0.1, 0.15) is 5.60 Å². The van der Waals surface area contributed by atoms with Gasteiger partial charge >= 0.3 is 12.1 Å². The molecule has 0 unspecified atom stereocenters. The Morgan fingerprint density at radius 1 is 0.931 bits per heavy atom. The maximum absolute atomic E-state index is 12.2. The number of carbonyl (C=O) groups excluding carboxylic acids is 3. The van der Waals surface area contributed by atoms with Crippen molar-refractivity contribution in [3.63, 3.8) is 0 Å². The maximum Gasteiger partial charge on any atom is 0.412 e. The molecule has 7 nitrogen and oxygen atoms in total. The van der Waals surface area contributed by atoms with Gasteiger partial charge in [0.2, 0.25) is 0 Å². The van der Waals surface area contributed by atoms with Crippen LogP contribution in [0, 0.1) is 0 Å². The van der Waals surface area contributed by atoms with Crippen LogP contribution in [0.4, 0.5) is 16.2 Å². The molecule has 0 aliphatic heterocycles. The lowest BCUT2D eigenvalue weighted by atomic mass is 10.1. The van der Waals surface area contributed by atoms with Crippen molar-refractivity contribution in [1.29, 1.82) is 0 Å². The van der Waals surface area contributed by atoms with E-state index in [2.05, 4.69) is 10.6 Å². The highest BCUT2D eigenvalue weighted by Gasteiger charge is 2.17. The number of amides is 2. The van der Waals surface area contributed by atoms with Crippen LogP contribution in [0.5, 0.6) is 0 Å². The first-order valence-corrected chi connectivity index (χ1v) is 9.32. The molecule has 154 valence electrons. The van der Waals surface area contributed by atoms with Crippen LogP contribution in [-0.2, 0) is 20.7 Å². The quantitative estimate of drug-likeness (QED) is 0.704. The van der Waals surface area contributed by atoms with Gasteiger partial charge in [0.05, 0.1) is 5.56 Å². The Balaban J connectivity index is 1.88. The molecule has 0 radical (unpaired) electrons. The van der Waals surface area contributed by atoms with Gasteiger partial charge in [-0.1, -0.05) is 25.1 Å². The van der Waals surface area contributed by atoms with Gasteiger partial charge in [-0.15, -0.1) is 0 Å². The molecule has 2 N–H and O–H groups in total. The van der Waals surface area contributed by atoms with E-state index in [-0.39, 0.29) is 5.56 Å². The van der Waals surface area contributed by atoms with Crippen LogP contribution >= 0.6 is 0 Å². The number of ether oxygens (including phenoxy) is 2. The average molecular weight is 398 g/mol. The third-order valence-electron chi connectivity index (χ3n) is 3.72. The van der Waals surface area contributed by atoms with E-state index < -0.39 is 30.2 Å². The molecule has 0 saturated heterocycles. The molecule has 0 aliphatic carbocycles. The molecule has 0 atom stereocenters. The molecule has 0 saturated carbocycles. The summed E-state index contributed by atoms with van der Waals surface area (Å²) in [5.41, 5.74) is 1.75. The fourth-order valence-electron chi connectivity index (χ4n) is 2.38. The lowest BCUT2D eigenvalue weighted by Crippen LogP contribution is -2.27. The van der Waals surface area contributed by atoms with Crippen molar-refractivity contribution in [3.8, 4) is 0 Å². The SMILES string of the molecule is CCc1ccc(NC(=O)COC(=O)c2cccc(NC(=O)OC(C)(C)C)c2)cc1. The largest absolute Gasteiger partial charge is 0.452 e. The summed E-state index contributed by atoms with van der Waals surface area (Å²) in [4.78, 5) is 36.0. The van der Waals surface area contributed by atoms with Gasteiger partial charge in [0.15, 0.2) is 6.61 Å².